The Kier molecular flexibility index (Phi) is 7.59. The van der Waals surface area contributed by atoms with Crippen molar-refractivity contribution in [1.29, 1.82) is 0 Å². The SMILES string of the molecule is CC[C@H]1CC[C@]2(C)[C@H](CC[C@]3(C)[C@@H](CNS(=O)(=O)c4ccccc4)CCC[C@@H]23)[C@@]1(C)CCCO. The number of benzene rings is 1. The number of fused-ring (bicyclic) bond motifs is 3. The zero-order chi connectivity index (χ0) is 24.6. The first-order valence-corrected chi connectivity index (χ1v) is 15.3. The van der Waals surface area contributed by atoms with E-state index in [-0.39, 0.29) is 5.41 Å². The summed E-state index contributed by atoms with van der Waals surface area (Å²) in [6.45, 7) is 10.8. The highest BCUT2D eigenvalue weighted by molar-refractivity contribution is 7.89. The van der Waals surface area contributed by atoms with Gasteiger partial charge in [0.15, 0.2) is 0 Å². The summed E-state index contributed by atoms with van der Waals surface area (Å²) in [5.41, 5.74) is 0.785. The van der Waals surface area contributed by atoms with Gasteiger partial charge < -0.3 is 5.11 Å². The molecule has 4 rings (SSSR count). The molecule has 3 fully saturated rings. The Morgan fingerprint density at radius 2 is 1.65 bits per heavy atom. The van der Waals surface area contributed by atoms with Gasteiger partial charge in [-0.05, 0) is 103 Å². The Labute approximate surface area is 208 Å². The van der Waals surface area contributed by atoms with E-state index >= 15 is 0 Å². The molecule has 0 aliphatic heterocycles. The number of rotatable bonds is 8. The minimum Gasteiger partial charge on any atom is -0.396 e. The fraction of sp³-hybridized carbons (Fsp3) is 0.793. The van der Waals surface area contributed by atoms with E-state index in [2.05, 4.69) is 32.4 Å². The van der Waals surface area contributed by atoms with E-state index in [4.69, 9.17) is 0 Å². The highest BCUT2D eigenvalue weighted by Gasteiger charge is 2.62. The van der Waals surface area contributed by atoms with Crippen LogP contribution in [0.4, 0.5) is 0 Å². The average Bonchev–Trinajstić information content (AvgIpc) is 2.82. The molecule has 34 heavy (non-hydrogen) atoms. The fourth-order valence-electron chi connectivity index (χ4n) is 9.27. The summed E-state index contributed by atoms with van der Waals surface area (Å²) >= 11 is 0. The van der Waals surface area contributed by atoms with Crippen molar-refractivity contribution in [3.05, 3.63) is 30.3 Å². The van der Waals surface area contributed by atoms with Crippen LogP contribution in [0.15, 0.2) is 35.2 Å². The number of hydrogen-bond donors (Lipinski definition) is 2. The third-order valence-corrected chi connectivity index (χ3v) is 12.5. The number of aliphatic hydroxyl groups excluding tert-OH is 1. The van der Waals surface area contributed by atoms with Crippen LogP contribution < -0.4 is 4.72 Å². The monoisotopic (exact) mass is 489 g/mol. The minimum absolute atomic E-state index is 0.180. The second kappa shape index (κ2) is 9.86. The summed E-state index contributed by atoms with van der Waals surface area (Å²) in [7, 11) is -3.48. The van der Waals surface area contributed by atoms with Crippen molar-refractivity contribution < 1.29 is 13.5 Å². The topological polar surface area (TPSA) is 66.4 Å². The van der Waals surface area contributed by atoms with E-state index in [0.717, 1.165) is 25.2 Å². The Morgan fingerprint density at radius 1 is 0.941 bits per heavy atom. The number of aliphatic hydroxyl groups is 1. The second-order valence-electron chi connectivity index (χ2n) is 12.4. The van der Waals surface area contributed by atoms with Crippen molar-refractivity contribution in [2.75, 3.05) is 13.2 Å². The maximum Gasteiger partial charge on any atom is 0.240 e. The largest absolute Gasteiger partial charge is 0.396 e. The quantitative estimate of drug-likeness (QED) is 0.444. The molecule has 3 saturated carbocycles. The highest BCUT2D eigenvalue weighted by Crippen LogP contribution is 2.70. The second-order valence-corrected chi connectivity index (χ2v) is 14.2. The first-order chi connectivity index (χ1) is 16.1. The van der Waals surface area contributed by atoms with Crippen LogP contribution in [0.2, 0.25) is 0 Å². The molecule has 2 N–H and O–H groups in total. The molecule has 7 atom stereocenters. The van der Waals surface area contributed by atoms with Crippen LogP contribution in [0, 0.1) is 39.9 Å². The Bertz CT molecular complexity index is 934. The smallest absolute Gasteiger partial charge is 0.240 e. The van der Waals surface area contributed by atoms with Crippen LogP contribution in [-0.4, -0.2) is 26.7 Å². The van der Waals surface area contributed by atoms with Crippen LogP contribution in [0.1, 0.15) is 91.9 Å². The van der Waals surface area contributed by atoms with E-state index < -0.39 is 10.0 Å². The molecular formula is C29H47NO3S. The van der Waals surface area contributed by atoms with Gasteiger partial charge in [0.25, 0.3) is 0 Å². The van der Waals surface area contributed by atoms with Crippen LogP contribution >= 0.6 is 0 Å². The lowest BCUT2D eigenvalue weighted by Crippen LogP contribution is -2.61. The molecule has 0 bridgehead atoms. The zero-order valence-corrected chi connectivity index (χ0v) is 22.7. The van der Waals surface area contributed by atoms with Gasteiger partial charge in [-0.25, -0.2) is 13.1 Å². The normalized spacial score (nSPS) is 40.4. The summed E-state index contributed by atoms with van der Waals surface area (Å²) in [5, 5.41) is 9.64. The summed E-state index contributed by atoms with van der Waals surface area (Å²) in [4.78, 5) is 0.362. The van der Waals surface area contributed by atoms with Crippen LogP contribution in [-0.2, 0) is 10.0 Å². The predicted octanol–water partition coefficient (Wildman–Crippen LogP) is 6.40. The van der Waals surface area contributed by atoms with E-state index in [0.29, 0.717) is 46.6 Å². The Morgan fingerprint density at radius 3 is 2.32 bits per heavy atom. The molecule has 5 heteroatoms. The zero-order valence-electron chi connectivity index (χ0n) is 21.9. The van der Waals surface area contributed by atoms with Crippen molar-refractivity contribution in [2.24, 2.45) is 39.9 Å². The van der Waals surface area contributed by atoms with E-state index in [1.165, 1.54) is 44.9 Å². The molecule has 0 unspecified atom stereocenters. The van der Waals surface area contributed by atoms with Gasteiger partial charge in [-0.1, -0.05) is 58.7 Å². The van der Waals surface area contributed by atoms with E-state index in [9.17, 15) is 13.5 Å². The number of sulfonamides is 1. The molecule has 0 spiro atoms. The van der Waals surface area contributed by atoms with Gasteiger partial charge >= 0.3 is 0 Å². The third kappa shape index (κ3) is 4.39. The molecule has 0 radical (unpaired) electrons. The Balaban J connectivity index is 1.57. The van der Waals surface area contributed by atoms with Gasteiger partial charge in [0, 0.05) is 13.2 Å². The molecular weight excluding hydrogens is 442 g/mol. The highest BCUT2D eigenvalue weighted by atomic mass is 32.2. The van der Waals surface area contributed by atoms with Gasteiger partial charge in [-0.2, -0.15) is 0 Å². The van der Waals surface area contributed by atoms with Crippen molar-refractivity contribution in [1.82, 2.24) is 4.72 Å². The van der Waals surface area contributed by atoms with Crippen molar-refractivity contribution in [2.45, 2.75) is 96.8 Å². The molecule has 3 aliphatic rings. The minimum atomic E-state index is -3.48. The lowest BCUT2D eigenvalue weighted by atomic mass is 9.37. The molecule has 3 aliphatic carbocycles. The molecule has 0 amide bonds. The standard InChI is InChI=1S/C29H47NO3S/c1-5-22-15-18-29(4)25-14-9-11-23(21-30-34(32,33)24-12-7-6-8-13-24)28(25,3)19-16-26(29)27(22,2)17-10-20-31/h6-8,12-13,22-23,25-26,30-31H,5,9-11,14-21H2,1-4H3/t22-,23+,25+,26+,27-,28+,29-/m0/s1. The molecule has 192 valence electrons. The summed E-state index contributed by atoms with van der Waals surface area (Å²) in [6.07, 6.45) is 11.9. The first kappa shape index (κ1) is 26.2. The van der Waals surface area contributed by atoms with E-state index in [1.54, 1.807) is 24.3 Å². The van der Waals surface area contributed by atoms with Crippen molar-refractivity contribution in [3.8, 4) is 0 Å². The van der Waals surface area contributed by atoms with Gasteiger partial charge in [0.1, 0.15) is 0 Å². The van der Waals surface area contributed by atoms with Gasteiger partial charge in [0.2, 0.25) is 10.0 Å². The number of nitrogens with one attached hydrogen (secondary N) is 1. The maximum atomic E-state index is 13.0. The van der Waals surface area contributed by atoms with Crippen molar-refractivity contribution >= 4 is 10.0 Å². The van der Waals surface area contributed by atoms with Gasteiger partial charge in [-0.3, -0.25) is 0 Å². The molecule has 1 aromatic carbocycles. The van der Waals surface area contributed by atoms with Gasteiger partial charge in [0.05, 0.1) is 4.90 Å². The molecule has 4 nitrogen and oxygen atoms in total. The summed E-state index contributed by atoms with van der Waals surface area (Å²) in [6, 6.07) is 8.79. The molecule has 0 saturated heterocycles. The average molecular weight is 490 g/mol. The van der Waals surface area contributed by atoms with E-state index in [1.807, 2.05) is 6.07 Å². The molecule has 0 heterocycles. The number of hydrogen-bond acceptors (Lipinski definition) is 3. The maximum absolute atomic E-state index is 13.0. The predicted molar refractivity (Wildman–Crippen MR) is 139 cm³/mol. The molecule has 0 aromatic heterocycles. The Hall–Kier alpha value is -0.910. The van der Waals surface area contributed by atoms with Crippen LogP contribution in [0.3, 0.4) is 0 Å². The van der Waals surface area contributed by atoms with Crippen LogP contribution in [0.25, 0.3) is 0 Å². The third-order valence-electron chi connectivity index (χ3n) is 11.0. The van der Waals surface area contributed by atoms with Crippen molar-refractivity contribution in [3.63, 3.8) is 0 Å². The van der Waals surface area contributed by atoms with Gasteiger partial charge in [-0.15, -0.1) is 0 Å². The lowest BCUT2D eigenvalue weighted by molar-refractivity contribution is -0.185. The van der Waals surface area contributed by atoms with Crippen LogP contribution in [0.5, 0.6) is 0 Å². The fourth-order valence-corrected chi connectivity index (χ4v) is 10.4. The summed E-state index contributed by atoms with van der Waals surface area (Å²) in [5.74, 6) is 2.47. The summed E-state index contributed by atoms with van der Waals surface area (Å²) < 4.78 is 28.9. The lowest BCUT2D eigenvalue weighted by Gasteiger charge is -2.67. The molecule has 1 aromatic rings. The first-order valence-electron chi connectivity index (χ1n) is 13.8.